The Kier molecular flexibility index (Phi) is 2.70. The van der Waals surface area contributed by atoms with Crippen molar-refractivity contribution in [2.24, 2.45) is 0 Å². The van der Waals surface area contributed by atoms with Gasteiger partial charge < -0.3 is 4.74 Å². The molecule has 0 radical (unpaired) electrons. The highest BCUT2D eigenvalue weighted by molar-refractivity contribution is 5.48. The van der Waals surface area contributed by atoms with E-state index in [2.05, 4.69) is 13.2 Å². The average Bonchev–Trinajstić information content (AvgIpc) is 2.05. The number of benzene rings is 1. The highest BCUT2D eigenvalue weighted by Gasteiger charge is 1.92. The van der Waals surface area contributed by atoms with E-state index in [1.54, 1.807) is 6.08 Å². The van der Waals surface area contributed by atoms with Crippen LogP contribution in [0, 0.1) is 0 Å². The Morgan fingerprint density at radius 1 is 1.33 bits per heavy atom. The summed E-state index contributed by atoms with van der Waals surface area (Å²) in [6.07, 6.45) is 1.80. The molecule has 0 heterocycles. The van der Waals surface area contributed by atoms with Crippen molar-refractivity contribution in [2.75, 3.05) is 0 Å². The molecule has 0 atom stereocenters. The lowest BCUT2D eigenvalue weighted by molar-refractivity contribution is 0.430. The van der Waals surface area contributed by atoms with Crippen molar-refractivity contribution >= 4 is 6.08 Å². The summed E-state index contributed by atoms with van der Waals surface area (Å²) in [7, 11) is 0. The summed E-state index contributed by atoms with van der Waals surface area (Å²) < 4.78 is 5.28. The lowest BCUT2D eigenvalue weighted by atomic mass is 10.2. The summed E-state index contributed by atoms with van der Waals surface area (Å²) >= 11 is 0. The van der Waals surface area contributed by atoms with Crippen molar-refractivity contribution in [2.45, 2.75) is 6.92 Å². The van der Waals surface area contributed by atoms with Gasteiger partial charge in [0.15, 0.2) is 0 Å². The normalized spacial score (nSPS) is 9.08. The summed E-state index contributed by atoms with van der Waals surface area (Å²) in [5.41, 5.74) is 1.09. The van der Waals surface area contributed by atoms with E-state index in [0.717, 1.165) is 11.3 Å². The molecule has 0 N–H and O–H groups in total. The van der Waals surface area contributed by atoms with E-state index in [4.69, 9.17) is 4.74 Å². The Bertz CT molecular complexity index is 282. The summed E-state index contributed by atoms with van der Waals surface area (Å²) in [6.45, 7) is 9.13. The molecule has 0 saturated carbocycles. The predicted octanol–water partition coefficient (Wildman–Crippen LogP) is 3.24. The summed E-state index contributed by atoms with van der Waals surface area (Å²) in [5.74, 6) is 1.51. The van der Waals surface area contributed by atoms with Crippen molar-refractivity contribution in [3.8, 4) is 5.75 Å². The third kappa shape index (κ3) is 2.27. The zero-order valence-corrected chi connectivity index (χ0v) is 7.21. The van der Waals surface area contributed by atoms with Crippen molar-refractivity contribution in [3.63, 3.8) is 0 Å². The van der Waals surface area contributed by atoms with Crippen LogP contribution >= 0.6 is 0 Å². The molecule has 1 aromatic carbocycles. The molecular formula is C11H12O. The molecule has 0 saturated heterocycles. The lowest BCUT2D eigenvalue weighted by Gasteiger charge is -2.03. The quantitative estimate of drug-likeness (QED) is 0.617. The van der Waals surface area contributed by atoms with Gasteiger partial charge in [-0.15, -0.1) is 0 Å². The molecule has 0 aliphatic heterocycles. The first kappa shape index (κ1) is 8.60. The Hall–Kier alpha value is -1.50. The second-order valence-electron chi connectivity index (χ2n) is 2.58. The SMILES string of the molecule is C=Cc1ccc(OC(=C)C)cc1. The van der Waals surface area contributed by atoms with E-state index < -0.39 is 0 Å². The first-order valence-corrected chi connectivity index (χ1v) is 3.78. The van der Waals surface area contributed by atoms with Gasteiger partial charge in [-0.3, -0.25) is 0 Å². The van der Waals surface area contributed by atoms with Crippen molar-refractivity contribution < 1.29 is 4.74 Å². The number of hydrogen-bond donors (Lipinski definition) is 0. The third-order valence-electron chi connectivity index (χ3n) is 1.41. The van der Waals surface area contributed by atoms with Gasteiger partial charge in [-0.05, 0) is 24.6 Å². The summed E-state index contributed by atoms with van der Waals surface area (Å²) in [6, 6.07) is 7.69. The zero-order valence-electron chi connectivity index (χ0n) is 7.21. The van der Waals surface area contributed by atoms with Crippen LogP contribution in [0.25, 0.3) is 6.08 Å². The van der Waals surface area contributed by atoms with Crippen LogP contribution in [-0.2, 0) is 0 Å². The topological polar surface area (TPSA) is 9.23 Å². The second-order valence-corrected chi connectivity index (χ2v) is 2.58. The number of rotatable bonds is 3. The fraction of sp³-hybridized carbons (Fsp3) is 0.0909. The van der Waals surface area contributed by atoms with Gasteiger partial charge in [0.2, 0.25) is 0 Å². The van der Waals surface area contributed by atoms with E-state index in [1.165, 1.54) is 0 Å². The van der Waals surface area contributed by atoms with Gasteiger partial charge >= 0.3 is 0 Å². The van der Waals surface area contributed by atoms with E-state index in [1.807, 2.05) is 31.2 Å². The maximum atomic E-state index is 5.28. The minimum Gasteiger partial charge on any atom is -0.463 e. The molecule has 1 aromatic rings. The second kappa shape index (κ2) is 3.77. The van der Waals surface area contributed by atoms with Gasteiger partial charge in [0.1, 0.15) is 5.75 Å². The fourth-order valence-electron chi connectivity index (χ4n) is 0.873. The molecule has 0 aliphatic rings. The Balaban J connectivity index is 2.77. The van der Waals surface area contributed by atoms with Crippen LogP contribution in [0.1, 0.15) is 12.5 Å². The monoisotopic (exact) mass is 160 g/mol. The molecule has 0 aliphatic carbocycles. The van der Waals surface area contributed by atoms with E-state index in [-0.39, 0.29) is 0 Å². The van der Waals surface area contributed by atoms with Gasteiger partial charge in [0.25, 0.3) is 0 Å². The van der Waals surface area contributed by atoms with Crippen LogP contribution in [0.3, 0.4) is 0 Å². The summed E-state index contributed by atoms with van der Waals surface area (Å²) in [5, 5.41) is 0. The largest absolute Gasteiger partial charge is 0.463 e. The highest BCUT2D eigenvalue weighted by atomic mass is 16.5. The first-order valence-electron chi connectivity index (χ1n) is 3.78. The molecule has 0 spiro atoms. The van der Waals surface area contributed by atoms with E-state index in [0.29, 0.717) is 5.76 Å². The van der Waals surface area contributed by atoms with Gasteiger partial charge in [-0.1, -0.05) is 31.4 Å². The Labute approximate surface area is 73.0 Å². The van der Waals surface area contributed by atoms with Crippen LogP contribution in [0.5, 0.6) is 5.75 Å². The van der Waals surface area contributed by atoms with E-state index >= 15 is 0 Å². The minimum atomic E-state index is 0.696. The highest BCUT2D eigenvalue weighted by Crippen LogP contribution is 2.14. The van der Waals surface area contributed by atoms with Crippen LogP contribution in [0.2, 0.25) is 0 Å². The van der Waals surface area contributed by atoms with Crippen LogP contribution < -0.4 is 4.74 Å². The molecule has 0 unspecified atom stereocenters. The number of allylic oxidation sites excluding steroid dienone is 1. The van der Waals surface area contributed by atoms with Crippen LogP contribution in [0.4, 0.5) is 0 Å². The minimum absolute atomic E-state index is 0.696. The maximum Gasteiger partial charge on any atom is 0.126 e. The molecular weight excluding hydrogens is 148 g/mol. The third-order valence-corrected chi connectivity index (χ3v) is 1.41. The maximum absolute atomic E-state index is 5.28. The summed E-state index contributed by atoms with van der Waals surface area (Å²) in [4.78, 5) is 0. The van der Waals surface area contributed by atoms with E-state index in [9.17, 15) is 0 Å². The van der Waals surface area contributed by atoms with Gasteiger partial charge in [-0.2, -0.15) is 0 Å². The van der Waals surface area contributed by atoms with Crippen molar-refractivity contribution in [1.29, 1.82) is 0 Å². The molecule has 0 bridgehead atoms. The Morgan fingerprint density at radius 3 is 2.33 bits per heavy atom. The standard InChI is InChI=1S/C11H12O/c1-4-10-5-7-11(8-6-10)12-9(2)3/h4-8H,1-2H2,3H3. The molecule has 0 aromatic heterocycles. The molecule has 12 heavy (non-hydrogen) atoms. The number of ether oxygens (including phenoxy) is 1. The Morgan fingerprint density at radius 2 is 1.92 bits per heavy atom. The van der Waals surface area contributed by atoms with Crippen LogP contribution in [0.15, 0.2) is 43.2 Å². The zero-order chi connectivity index (χ0) is 8.97. The van der Waals surface area contributed by atoms with Gasteiger partial charge in [0, 0.05) is 0 Å². The molecule has 1 nitrogen and oxygen atoms in total. The fourth-order valence-corrected chi connectivity index (χ4v) is 0.873. The molecule has 62 valence electrons. The molecule has 0 fully saturated rings. The molecule has 1 heteroatoms. The molecule has 1 rings (SSSR count). The van der Waals surface area contributed by atoms with Crippen LogP contribution in [-0.4, -0.2) is 0 Å². The van der Waals surface area contributed by atoms with Crippen molar-refractivity contribution in [1.82, 2.24) is 0 Å². The lowest BCUT2D eigenvalue weighted by Crippen LogP contribution is -1.87. The molecule has 0 amide bonds. The van der Waals surface area contributed by atoms with Gasteiger partial charge in [0.05, 0.1) is 5.76 Å². The number of hydrogen-bond acceptors (Lipinski definition) is 1. The van der Waals surface area contributed by atoms with Crippen molar-refractivity contribution in [3.05, 3.63) is 48.7 Å². The average molecular weight is 160 g/mol. The smallest absolute Gasteiger partial charge is 0.126 e. The predicted molar refractivity (Wildman–Crippen MR) is 52.0 cm³/mol. The first-order chi connectivity index (χ1) is 5.72. The van der Waals surface area contributed by atoms with Gasteiger partial charge in [-0.25, -0.2) is 0 Å².